The molecular weight excluding hydrogens is 178 g/mol. The average molecular weight is 191 g/mol. The Hall–Kier alpha value is -1.35. The van der Waals surface area contributed by atoms with Crippen molar-refractivity contribution in [1.29, 1.82) is 0 Å². The lowest BCUT2D eigenvalue weighted by Gasteiger charge is -2.21. The number of hydrogen-bond acceptors (Lipinski definition) is 3. The number of hydrogen-bond donors (Lipinski definition) is 1. The Morgan fingerprint density at radius 2 is 2.14 bits per heavy atom. The molecule has 74 valence electrons. The molecule has 0 aromatic heterocycles. The molecule has 0 amide bonds. The van der Waals surface area contributed by atoms with Gasteiger partial charge in [0.15, 0.2) is 0 Å². The fourth-order valence-corrected chi connectivity index (χ4v) is 1.43. The largest absolute Gasteiger partial charge is 0.472 e. The summed E-state index contributed by atoms with van der Waals surface area (Å²) in [7, 11) is 0. The van der Waals surface area contributed by atoms with Crippen LogP contribution in [0.2, 0.25) is 0 Å². The van der Waals surface area contributed by atoms with Gasteiger partial charge in [-0.25, -0.2) is 0 Å². The Morgan fingerprint density at radius 1 is 1.36 bits per heavy atom. The van der Waals surface area contributed by atoms with Crippen LogP contribution in [0.1, 0.15) is 12.0 Å². The minimum Gasteiger partial charge on any atom is -0.472 e. The van der Waals surface area contributed by atoms with Crippen molar-refractivity contribution >= 4 is 5.90 Å². The fraction of sp³-hybridized carbons (Fsp3) is 0.364. The molecule has 2 rings (SSSR count). The second kappa shape index (κ2) is 4.24. The summed E-state index contributed by atoms with van der Waals surface area (Å²) >= 11 is 0. The fourth-order valence-electron chi connectivity index (χ4n) is 1.43. The standard InChI is InChI=1S/C11H13NO2/c13-8-10-6-7-12-11(14-10)9-4-2-1-3-5-9/h1-5,10,13H,6-8H2. The van der Waals surface area contributed by atoms with Gasteiger partial charge in [-0.3, -0.25) is 4.99 Å². The highest BCUT2D eigenvalue weighted by molar-refractivity contribution is 5.94. The third kappa shape index (κ3) is 1.93. The first-order chi connectivity index (χ1) is 6.90. The van der Waals surface area contributed by atoms with E-state index in [9.17, 15) is 0 Å². The van der Waals surface area contributed by atoms with E-state index in [-0.39, 0.29) is 12.7 Å². The molecule has 0 saturated carbocycles. The van der Waals surface area contributed by atoms with Crippen LogP contribution < -0.4 is 0 Å². The first-order valence-corrected chi connectivity index (χ1v) is 4.77. The van der Waals surface area contributed by atoms with Crippen LogP contribution in [0.3, 0.4) is 0 Å². The smallest absolute Gasteiger partial charge is 0.216 e. The Morgan fingerprint density at radius 3 is 2.86 bits per heavy atom. The number of benzene rings is 1. The minimum absolute atomic E-state index is 0.0614. The van der Waals surface area contributed by atoms with Crippen LogP contribution in [-0.2, 0) is 4.74 Å². The molecule has 1 aliphatic heterocycles. The molecule has 0 aliphatic carbocycles. The molecule has 1 atom stereocenters. The van der Waals surface area contributed by atoms with Crippen LogP contribution in [0.25, 0.3) is 0 Å². The van der Waals surface area contributed by atoms with Crippen molar-refractivity contribution in [3.8, 4) is 0 Å². The molecule has 1 unspecified atom stereocenters. The summed E-state index contributed by atoms with van der Waals surface area (Å²) in [5, 5.41) is 8.98. The van der Waals surface area contributed by atoms with E-state index in [0.717, 1.165) is 18.5 Å². The maximum atomic E-state index is 8.98. The molecule has 14 heavy (non-hydrogen) atoms. The summed E-state index contributed by atoms with van der Waals surface area (Å²) in [6, 6.07) is 9.77. The molecule has 0 fully saturated rings. The van der Waals surface area contributed by atoms with Gasteiger partial charge in [0.2, 0.25) is 5.90 Å². The first-order valence-electron chi connectivity index (χ1n) is 4.77. The summed E-state index contributed by atoms with van der Waals surface area (Å²) < 4.78 is 5.52. The molecule has 1 N–H and O–H groups in total. The quantitative estimate of drug-likeness (QED) is 0.763. The van der Waals surface area contributed by atoms with Gasteiger partial charge >= 0.3 is 0 Å². The van der Waals surface area contributed by atoms with Crippen LogP contribution >= 0.6 is 0 Å². The average Bonchev–Trinajstić information content (AvgIpc) is 2.30. The minimum atomic E-state index is -0.0947. The zero-order valence-electron chi connectivity index (χ0n) is 7.89. The molecule has 3 heteroatoms. The highest BCUT2D eigenvalue weighted by Crippen LogP contribution is 2.12. The second-order valence-corrected chi connectivity index (χ2v) is 3.26. The monoisotopic (exact) mass is 191 g/mol. The summed E-state index contributed by atoms with van der Waals surface area (Å²) in [4.78, 5) is 4.28. The maximum absolute atomic E-state index is 8.98. The van der Waals surface area contributed by atoms with Gasteiger partial charge in [-0.1, -0.05) is 18.2 Å². The molecule has 0 bridgehead atoms. The van der Waals surface area contributed by atoms with Crippen LogP contribution in [0, 0.1) is 0 Å². The van der Waals surface area contributed by atoms with Gasteiger partial charge in [0.05, 0.1) is 6.61 Å². The summed E-state index contributed by atoms with van der Waals surface area (Å²) in [5.74, 6) is 0.649. The lowest BCUT2D eigenvalue weighted by molar-refractivity contribution is 0.0927. The van der Waals surface area contributed by atoms with E-state index in [1.807, 2.05) is 30.3 Å². The lowest BCUT2D eigenvalue weighted by Crippen LogP contribution is -2.27. The number of rotatable bonds is 2. The molecule has 0 spiro atoms. The van der Waals surface area contributed by atoms with Crippen molar-refractivity contribution < 1.29 is 9.84 Å². The van der Waals surface area contributed by atoms with E-state index >= 15 is 0 Å². The van der Waals surface area contributed by atoms with E-state index in [1.165, 1.54) is 0 Å². The van der Waals surface area contributed by atoms with Crippen molar-refractivity contribution in [2.45, 2.75) is 12.5 Å². The Labute approximate surface area is 83.1 Å². The highest BCUT2D eigenvalue weighted by Gasteiger charge is 2.17. The first kappa shape index (κ1) is 9.21. The van der Waals surface area contributed by atoms with E-state index in [0.29, 0.717) is 5.90 Å². The van der Waals surface area contributed by atoms with E-state index in [1.54, 1.807) is 0 Å². The number of nitrogens with zero attached hydrogens (tertiary/aromatic N) is 1. The van der Waals surface area contributed by atoms with Crippen molar-refractivity contribution in [3.05, 3.63) is 35.9 Å². The normalized spacial score (nSPS) is 21.2. The van der Waals surface area contributed by atoms with Gasteiger partial charge in [0.25, 0.3) is 0 Å². The number of ether oxygens (including phenoxy) is 1. The molecule has 0 radical (unpaired) electrons. The van der Waals surface area contributed by atoms with Gasteiger partial charge in [-0.2, -0.15) is 0 Å². The summed E-state index contributed by atoms with van der Waals surface area (Å²) in [6.07, 6.45) is 0.704. The lowest BCUT2D eigenvalue weighted by atomic mass is 10.2. The summed E-state index contributed by atoms with van der Waals surface area (Å²) in [6.45, 7) is 0.793. The van der Waals surface area contributed by atoms with Crippen molar-refractivity contribution in [2.75, 3.05) is 13.2 Å². The van der Waals surface area contributed by atoms with Gasteiger partial charge in [-0.05, 0) is 12.1 Å². The number of aliphatic hydroxyl groups is 1. The predicted octanol–water partition coefficient (Wildman–Crippen LogP) is 1.21. The van der Waals surface area contributed by atoms with Gasteiger partial charge in [0.1, 0.15) is 6.10 Å². The predicted molar refractivity (Wildman–Crippen MR) is 54.4 cm³/mol. The molecule has 1 aliphatic rings. The molecular formula is C11H13NO2. The third-order valence-corrected chi connectivity index (χ3v) is 2.21. The maximum Gasteiger partial charge on any atom is 0.216 e. The van der Waals surface area contributed by atoms with Gasteiger partial charge in [0, 0.05) is 18.5 Å². The van der Waals surface area contributed by atoms with Crippen molar-refractivity contribution in [3.63, 3.8) is 0 Å². The second-order valence-electron chi connectivity index (χ2n) is 3.26. The Bertz CT molecular complexity index is 321. The molecule has 3 nitrogen and oxygen atoms in total. The van der Waals surface area contributed by atoms with E-state index < -0.39 is 0 Å². The molecule has 0 saturated heterocycles. The summed E-state index contributed by atoms with van der Waals surface area (Å²) in [5.41, 5.74) is 0.977. The zero-order chi connectivity index (χ0) is 9.80. The molecule has 1 heterocycles. The van der Waals surface area contributed by atoms with Crippen LogP contribution in [0.5, 0.6) is 0 Å². The van der Waals surface area contributed by atoms with Crippen LogP contribution in [-0.4, -0.2) is 30.3 Å². The van der Waals surface area contributed by atoms with Crippen molar-refractivity contribution in [1.82, 2.24) is 0 Å². The SMILES string of the molecule is OCC1CCN=C(c2ccccc2)O1. The van der Waals surface area contributed by atoms with E-state index in [2.05, 4.69) is 4.99 Å². The van der Waals surface area contributed by atoms with Gasteiger partial charge in [-0.15, -0.1) is 0 Å². The highest BCUT2D eigenvalue weighted by atomic mass is 16.5. The van der Waals surface area contributed by atoms with Gasteiger partial charge < -0.3 is 9.84 Å². The molecule has 1 aromatic rings. The molecule has 1 aromatic carbocycles. The van der Waals surface area contributed by atoms with Crippen molar-refractivity contribution in [2.24, 2.45) is 4.99 Å². The Balaban J connectivity index is 2.16. The number of aliphatic hydroxyl groups excluding tert-OH is 1. The van der Waals surface area contributed by atoms with Crippen LogP contribution in [0.4, 0.5) is 0 Å². The third-order valence-electron chi connectivity index (χ3n) is 2.21. The number of aliphatic imine (C=N–C) groups is 1. The van der Waals surface area contributed by atoms with E-state index in [4.69, 9.17) is 9.84 Å². The van der Waals surface area contributed by atoms with Crippen LogP contribution in [0.15, 0.2) is 35.3 Å². The topological polar surface area (TPSA) is 41.8 Å². The Kier molecular flexibility index (Phi) is 2.79. The zero-order valence-corrected chi connectivity index (χ0v) is 7.89.